The van der Waals surface area contributed by atoms with Crippen molar-refractivity contribution in [2.75, 3.05) is 44.2 Å². The Hall–Kier alpha value is -2.57. The number of oxime groups is 1. The molecule has 0 spiro atoms. The maximum absolute atomic E-state index is 12.7. The van der Waals surface area contributed by atoms with Crippen LogP contribution in [0.25, 0.3) is 0 Å². The summed E-state index contributed by atoms with van der Waals surface area (Å²) < 4.78 is 0. The van der Waals surface area contributed by atoms with E-state index in [1.54, 1.807) is 0 Å². The van der Waals surface area contributed by atoms with Gasteiger partial charge in [0.25, 0.3) is 5.91 Å². The van der Waals surface area contributed by atoms with Gasteiger partial charge in [0.1, 0.15) is 0 Å². The highest BCUT2D eigenvalue weighted by atomic mass is 16.6. The third kappa shape index (κ3) is 5.43. The third-order valence-corrected chi connectivity index (χ3v) is 7.08. The molecular weight excluding hydrogens is 404 g/mol. The molecule has 1 aromatic rings. The van der Waals surface area contributed by atoms with Crippen LogP contribution in [-0.2, 0) is 14.4 Å². The summed E-state index contributed by atoms with van der Waals surface area (Å²) in [5, 5.41) is 4.09. The minimum Gasteiger partial charge on any atom is -0.382 e. The molecule has 1 unspecified atom stereocenters. The number of likely N-dealkylation sites (tertiary alicyclic amines) is 1. The second kappa shape index (κ2) is 10.4. The van der Waals surface area contributed by atoms with Crippen LogP contribution in [0, 0.1) is 11.8 Å². The molecule has 0 N–H and O–H groups in total. The Morgan fingerprint density at radius 1 is 1.00 bits per heavy atom. The highest BCUT2D eigenvalue weighted by Crippen LogP contribution is 2.25. The van der Waals surface area contributed by atoms with Crippen LogP contribution in [0.1, 0.15) is 46.0 Å². The number of hydrogen-bond acceptors (Lipinski definition) is 5. The van der Waals surface area contributed by atoms with Gasteiger partial charge in [0.2, 0.25) is 12.0 Å². The largest absolute Gasteiger partial charge is 0.382 e. The number of rotatable bonds is 6. The van der Waals surface area contributed by atoms with Crippen molar-refractivity contribution >= 4 is 23.2 Å². The van der Waals surface area contributed by atoms with Crippen LogP contribution in [-0.4, -0.2) is 72.7 Å². The monoisotopic (exact) mass is 440 g/mol. The zero-order valence-electron chi connectivity index (χ0n) is 19.4. The molecule has 4 rings (SSSR count). The van der Waals surface area contributed by atoms with Gasteiger partial charge < -0.3 is 19.5 Å². The summed E-state index contributed by atoms with van der Waals surface area (Å²) in [6.45, 7) is 9.03. The minimum absolute atomic E-state index is 0.0650. The van der Waals surface area contributed by atoms with Crippen molar-refractivity contribution in [2.24, 2.45) is 17.0 Å². The molecule has 0 aliphatic carbocycles. The van der Waals surface area contributed by atoms with Crippen LogP contribution >= 0.6 is 0 Å². The van der Waals surface area contributed by atoms with Gasteiger partial charge in [-0.2, -0.15) is 0 Å². The van der Waals surface area contributed by atoms with Gasteiger partial charge in [-0.3, -0.25) is 9.59 Å². The standard InChI is InChI=1S/C25H36N4O3/c1-19(2)22-18-23(32-26-22)25(31)29-12-10-20(11-13-29)8-9-24(30)28-16-14-27(15-17-28)21-6-4-3-5-7-21/h3-7,19-20,23H,8-18H2,1-2H3. The topological polar surface area (TPSA) is 65.5 Å². The van der Waals surface area contributed by atoms with Crippen molar-refractivity contribution in [2.45, 2.75) is 52.1 Å². The second-order valence-corrected chi connectivity index (χ2v) is 9.55. The molecular formula is C25H36N4O3. The fourth-order valence-electron chi connectivity index (χ4n) is 4.85. The number of carbonyl (C=O) groups is 2. The zero-order valence-corrected chi connectivity index (χ0v) is 19.4. The first-order chi connectivity index (χ1) is 15.5. The maximum Gasteiger partial charge on any atom is 0.266 e. The van der Waals surface area contributed by atoms with E-state index in [4.69, 9.17) is 4.84 Å². The summed E-state index contributed by atoms with van der Waals surface area (Å²) in [5.74, 6) is 1.17. The van der Waals surface area contributed by atoms with Gasteiger partial charge in [-0.05, 0) is 43.2 Å². The molecule has 3 aliphatic rings. The Morgan fingerprint density at radius 2 is 1.69 bits per heavy atom. The van der Waals surface area contributed by atoms with E-state index in [0.29, 0.717) is 24.7 Å². The van der Waals surface area contributed by atoms with Gasteiger partial charge in [-0.25, -0.2) is 0 Å². The van der Waals surface area contributed by atoms with Crippen LogP contribution in [0.4, 0.5) is 5.69 Å². The first kappa shape index (κ1) is 22.6. The Labute approximate surface area is 191 Å². The van der Waals surface area contributed by atoms with E-state index in [0.717, 1.165) is 64.2 Å². The SMILES string of the molecule is CC(C)C1=NOC(C(=O)N2CCC(CCC(=O)N3CCN(c4ccccc4)CC3)CC2)C1. The maximum atomic E-state index is 12.7. The predicted molar refractivity (Wildman–Crippen MR) is 126 cm³/mol. The van der Waals surface area contributed by atoms with Crippen molar-refractivity contribution in [3.05, 3.63) is 30.3 Å². The van der Waals surface area contributed by atoms with Gasteiger partial charge >= 0.3 is 0 Å². The molecule has 32 heavy (non-hydrogen) atoms. The Bertz CT molecular complexity index is 810. The lowest BCUT2D eigenvalue weighted by molar-refractivity contribution is -0.143. The van der Waals surface area contributed by atoms with E-state index in [9.17, 15) is 9.59 Å². The number of anilines is 1. The van der Waals surface area contributed by atoms with E-state index in [1.807, 2.05) is 15.9 Å². The highest BCUT2D eigenvalue weighted by Gasteiger charge is 2.34. The van der Waals surface area contributed by atoms with Crippen molar-refractivity contribution in [1.82, 2.24) is 9.80 Å². The summed E-state index contributed by atoms with van der Waals surface area (Å²) in [7, 11) is 0. The molecule has 1 aromatic carbocycles. The van der Waals surface area contributed by atoms with E-state index in [2.05, 4.69) is 48.2 Å². The third-order valence-electron chi connectivity index (χ3n) is 7.08. The number of piperazine rings is 1. The van der Waals surface area contributed by atoms with E-state index >= 15 is 0 Å². The molecule has 2 saturated heterocycles. The van der Waals surface area contributed by atoms with Gasteiger partial charge in [0.05, 0.1) is 5.71 Å². The number of hydrogen-bond donors (Lipinski definition) is 0. The van der Waals surface area contributed by atoms with Crippen LogP contribution in [0.3, 0.4) is 0 Å². The van der Waals surface area contributed by atoms with E-state index in [-0.39, 0.29) is 11.8 Å². The van der Waals surface area contributed by atoms with Gasteiger partial charge in [-0.15, -0.1) is 0 Å². The highest BCUT2D eigenvalue weighted by molar-refractivity contribution is 5.93. The summed E-state index contributed by atoms with van der Waals surface area (Å²) in [5.41, 5.74) is 2.21. The van der Waals surface area contributed by atoms with Crippen molar-refractivity contribution < 1.29 is 14.4 Å². The normalized spacial score (nSPS) is 22.2. The molecule has 3 aliphatic heterocycles. The number of amides is 2. The summed E-state index contributed by atoms with van der Waals surface area (Å²) in [4.78, 5) is 37.1. The predicted octanol–water partition coefficient (Wildman–Crippen LogP) is 3.15. The molecule has 7 heteroatoms. The lowest BCUT2D eigenvalue weighted by Gasteiger charge is -2.37. The van der Waals surface area contributed by atoms with E-state index in [1.165, 1.54) is 5.69 Å². The van der Waals surface area contributed by atoms with Crippen LogP contribution in [0.2, 0.25) is 0 Å². The van der Waals surface area contributed by atoms with Gasteiger partial charge in [0.15, 0.2) is 0 Å². The molecule has 0 aromatic heterocycles. The molecule has 7 nitrogen and oxygen atoms in total. The van der Waals surface area contributed by atoms with E-state index < -0.39 is 6.10 Å². The zero-order chi connectivity index (χ0) is 22.5. The number of benzene rings is 1. The van der Waals surface area contributed by atoms with Crippen molar-refractivity contribution in [3.8, 4) is 0 Å². The summed E-state index contributed by atoms with van der Waals surface area (Å²) in [6.07, 6.45) is 3.63. The number of nitrogens with zero attached hydrogens (tertiary/aromatic N) is 4. The number of para-hydroxylation sites is 1. The Kier molecular flexibility index (Phi) is 7.33. The molecule has 2 amide bonds. The fourth-order valence-corrected chi connectivity index (χ4v) is 4.85. The molecule has 1 atom stereocenters. The molecule has 0 radical (unpaired) electrons. The first-order valence-corrected chi connectivity index (χ1v) is 12.1. The fraction of sp³-hybridized carbons (Fsp3) is 0.640. The number of piperidine rings is 1. The van der Waals surface area contributed by atoms with Crippen LogP contribution < -0.4 is 4.90 Å². The van der Waals surface area contributed by atoms with Gasteiger partial charge in [0, 0.05) is 57.8 Å². The Balaban J connectivity index is 1.14. The molecule has 0 bridgehead atoms. The quantitative estimate of drug-likeness (QED) is 0.682. The Morgan fingerprint density at radius 3 is 2.31 bits per heavy atom. The minimum atomic E-state index is -0.444. The lowest BCUT2D eigenvalue weighted by atomic mass is 9.91. The van der Waals surface area contributed by atoms with Crippen molar-refractivity contribution in [1.29, 1.82) is 0 Å². The smallest absolute Gasteiger partial charge is 0.266 e. The first-order valence-electron chi connectivity index (χ1n) is 12.1. The molecule has 3 heterocycles. The van der Waals surface area contributed by atoms with Crippen molar-refractivity contribution in [3.63, 3.8) is 0 Å². The number of carbonyl (C=O) groups excluding carboxylic acids is 2. The second-order valence-electron chi connectivity index (χ2n) is 9.55. The lowest BCUT2D eigenvalue weighted by Crippen LogP contribution is -2.49. The summed E-state index contributed by atoms with van der Waals surface area (Å²) >= 11 is 0. The molecule has 174 valence electrons. The van der Waals surface area contributed by atoms with Crippen LogP contribution in [0.15, 0.2) is 35.5 Å². The molecule has 0 saturated carbocycles. The average Bonchev–Trinajstić information content (AvgIpc) is 3.34. The van der Waals surface area contributed by atoms with Gasteiger partial charge in [-0.1, -0.05) is 37.2 Å². The van der Waals surface area contributed by atoms with Crippen LogP contribution in [0.5, 0.6) is 0 Å². The molecule has 2 fully saturated rings. The summed E-state index contributed by atoms with van der Waals surface area (Å²) in [6, 6.07) is 10.4. The average molecular weight is 441 g/mol.